The molecular weight excluding hydrogens is 557 g/mol. The Morgan fingerprint density at radius 1 is 0.810 bits per heavy atom. The van der Waals surface area contributed by atoms with Gasteiger partial charge in [0.05, 0.1) is 29.6 Å². The van der Waals surface area contributed by atoms with Gasteiger partial charge in [0, 0.05) is 43.5 Å². The van der Waals surface area contributed by atoms with E-state index in [4.69, 9.17) is 4.74 Å². The summed E-state index contributed by atoms with van der Waals surface area (Å²) in [5.74, 6) is -1.83. The van der Waals surface area contributed by atoms with Crippen LogP contribution >= 0.6 is 0 Å². The van der Waals surface area contributed by atoms with E-state index in [1.165, 1.54) is 30.2 Å². The Labute approximate surface area is 238 Å². The Bertz CT molecular complexity index is 1640. The second-order valence-electron chi connectivity index (χ2n) is 9.85. The fourth-order valence-electron chi connectivity index (χ4n) is 5.06. The van der Waals surface area contributed by atoms with Gasteiger partial charge in [-0.25, -0.2) is 8.78 Å². The predicted molar refractivity (Wildman–Crippen MR) is 146 cm³/mol. The smallest absolute Gasteiger partial charge is 0.416 e. The minimum atomic E-state index is -4.57. The van der Waals surface area contributed by atoms with E-state index in [9.17, 15) is 31.5 Å². The molecule has 0 bridgehead atoms. The summed E-state index contributed by atoms with van der Waals surface area (Å²) in [5, 5.41) is 0. The number of alkyl halides is 3. The van der Waals surface area contributed by atoms with Crippen molar-refractivity contribution in [1.29, 1.82) is 0 Å². The van der Waals surface area contributed by atoms with Gasteiger partial charge < -0.3 is 19.1 Å². The van der Waals surface area contributed by atoms with Gasteiger partial charge in [0.2, 0.25) is 0 Å². The molecule has 2 amide bonds. The fourth-order valence-corrected chi connectivity index (χ4v) is 5.06. The molecule has 4 aromatic rings. The van der Waals surface area contributed by atoms with Crippen molar-refractivity contribution in [2.24, 2.45) is 0 Å². The van der Waals surface area contributed by atoms with Gasteiger partial charge >= 0.3 is 6.18 Å². The van der Waals surface area contributed by atoms with E-state index >= 15 is 0 Å². The van der Waals surface area contributed by atoms with Crippen LogP contribution in [-0.4, -0.2) is 59.5 Å². The van der Waals surface area contributed by atoms with Crippen molar-refractivity contribution < 1.29 is 36.3 Å². The Kier molecular flexibility index (Phi) is 7.77. The summed E-state index contributed by atoms with van der Waals surface area (Å²) in [6.07, 6.45) is -4.57. The standard InChI is InChI=1S/C31H26F5N3O3/c1-19-25(18-28(20-6-9-24(42-2)10-7-20)39(19)27-11-8-23(32)17-26(27)33)30(41)38-14-12-37(13-15-38)29(40)21-4-3-5-22(16-21)31(34,35)36/h3-11,16-18H,12-15H2,1-2H3. The van der Waals surface area contributed by atoms with E-state index in [0.29, 0.717) is 28.3 Å². The molecular formula is C31H26F5N3O3. The zero-order chi connectivity index (χ0) is 30.2. The van der Waals surface area contributed by atoms with Gasteiger partial charge in [-0.1, -0.05) is 6.07 Å². The van der Waals surface area contributed by atoms with Gasteiger partial charge in [0.1, 0.15) is 17.4 Å². The third-order valence-electron chi connectivity index (χ3n) is 7.30. The largest absolute Gasteiger partial charge is 0.497 e. The molecule has 0 aliphatic carbocycles. The van der Waals surface area contributed by atoms with Crippen LogP contribution in [0.3, 0.4) is 0 Å². The van der Waals surface area contributed by atoms with E-state index in [2.05, 4.69) is 0 Å². The van der Waals surface area contributed by atoms with Crippen molar-refractivity contribution >= 4 is 11.8 Å². The number of piperazine rings is 1. The summed E-state index contributed by atoms with van der Waals surface area (Å²) in [6, 6.07) is 16.1. The number of halogens is 5. The first-order valence-corrected chi connectivity index (χ1v) is 13.1. The molecule has 0 unspecified atom stereocenters. The third kappa shape index (κ3) is 5.59. The molecule has 0 atom stereocenters. The van der Waals surface area contributed by atoms with Crippen LogP contribution in [0.1, 0.15) is 32.0 Å². The summed E-state index contributed by atoms with van der Waals surface area (Å²) in [4.78, 5) is 29.6. The van der Waals surface area contributed by atoms with Gasteiger partial charge in [0.15, 0.2) is 0 Å². The predicted octanol–water partition coefficient (Wildman–Crippen LogP) is 6.36. The first-order chi connectivity index (χ1) is 20.0. The number of ether oxygens (including phenoxy) is 1. The highest BCUT2D eigenvalue weighted by atomic mass is 19.4. The molecule has 1 aromatic heterocycles. The Morgan fingerprint density at radius 2 is 1.45 bits per heavy atom. The number of rotatable bonds is 5. The van der Waals surface area contributed by atoms with Gasteiger partial charge in [-0.3, -0.25) is 9.59 Å². The molecule has 218 valence electrons. The maximum absolute atomic E-state index is 15.0. The topological polar surface area (TPSA) is 54.8 Å². The molecule has 0 spiro atoms. The van der Waals surface area contributed by atoms with E-state index in [0.717, 1.165) is 24.3 Å². The molecule has 1 aliphatic heterocycles. The van der Waals surface area contributed by atoms with Gasteiger partial charge in [-0.05, 0) is 73.2 Å². The number of methoxy groups -OCH3 is 1. The lowest BCUT2D eigenvalue weighted by atomic mass is 10.1. The molecule has 1 saturated heterocycles. The molecule has 6 nitrogen and oxygen atoms in total. The van der Waals surface area contributed by atoms with E-state index in [1.807, 2.05) is 0 Å². The molecule has 0 radical (unpaired) electrons. The lowest BCUT2D eigenvalue weighted by Gasteiger charge is -2.35. The third-order valence-corrected chi connectivity index (χ3v) is 7.30. The van der Waals surface area contributed by atoms with E-state index < -0.39 is 29.3 Å². The number of hydrogen-bond donors (Lipinski definition) is 0. The summed E-state index contributed by atoms with van der Waals surface area (Å²) in [5.41, 5.74) is 0.965. The molecule has 5 rings (SSSR count). The summed E-state index contributed by atoms with van der Waals surface area (Å²) >= 11 is 0. The fraction of sp³-hybridized carbons (Fsp3) is 0.226. The maximum Gasteiger partial charge on any atom is 0.416 e. The van der Waals surface area contributed by atoms with Crippen LogP contribution < -0.4 is 4.74 Å². The molecule has 1 fully saturated rings. The van der Waals surface area contributed by atoms with E-state index in [-0.39, 0.29) is 43.3 Å². The number of amides is 2. The maximum atomic E-state index is 15.0. The zero-order valence-corrected chi connectivity index (χ0v) is 22.7. The highest BCUT2D eigenvalue weighted by Gasteiger charge is 2.33. The lowest BCUT2D eigenvalue weighted by Crippen LogP contribution is -2.50. The molecule has 3 aromatic carbocycles. The second-order valence-corrected chi connectivity index (χ2v) is 9.85. The van der Waals surface area contributed by atoms with Crippen molar-refractivity contribution in [2.75, 3.05) is 33.3 Å². The lowest BCUT2D eigenvalue weighted by molar-refractivity contribution is -0.137. The molecule has 11 heteroatoms. The average molecular weight is 584 g/mol. The number of carbonyl (C=O) groups is 2. The van der Waals surface area contributed by atoms with Crippen LogP contribution in [0.25, 0.3) is 16.9 Å². The number of aromatic nitrogens is 1. The van der Waals surface area contributed by atoms with Crippen molar-refractivity contribution in [2.45, 2.75) is 13.1 Å². The van der Waals surface area contributed by atoms with Crippen LogP contribution in [0, 0.1) is 18.6 Å². The highest BCUT2D eigenvalue weighted by molar-refractivity contribution is 5.98. The van der Waals surface area contributed by atoms with Crippen LogP contribution in [0.15, 0.2) is 72.8 Å². The average Bonchev–Trinajstić information content (AvgIpc) is 3.32. The van der Waals surface area contributed by atoms with Gasteiger partial charge in [0.25, 0.3) is 11.8 Å². The Hall–Kier alpha value is -4.67. The number of nitrogens with zero attached hydrogens (tertiary/aromatic N) is 3. The van der Waals surface area contributed by atoms with Crippen molar-refractivity contribution in [1.82, 2.24) is 14.4 Å². The SMILES string of the molecule is COc1ccc(-c2cc(C(=O)N3CCN(C(=O)c4cccc(C(F)(F)F)c4)CC3)c(C)n2-c2ccc(F)cc2F)cc1. The van der Waals surface area contributed by atoms with Crippen LogP contribution in [0.2, 0.25) is 0 Å². The van der Waals surface area contributed by atoms with Crippen LogP contribution in [0.4, 0.5) is 22.0 Å². The first kappa shape index (κ1) is 28.8. The normalized spacial score (nSPS) is 13.8. The Morgan fingerprint density at radius 3 is 2.05 bits per heavy atom. The summed E-state index contributed by atoms with van der Waals surface area (Å²) in [6.45, 7) is 2.21. The summed E-state index contributed by atoms with van der Waals surface area (Å²) < 4.78 is 74.8. The van der Waals surface area contributed by atoms with Gasteiger partial charge in [-0.15, -0.1) is 0 Å². The molecule has 1 aliphatic rings. The van der Waals surface area contributed by atoms with Crippen molar-refractivity contribution in [3.8, 4) is 22.7 Å². The summed E-state index contributed by atoms with van der Waals surface area (Å²) in [7, 11) is 1.53. The first-order valence-electron chi connectivity index (χ1n) is 13.1. The second kappa shape index (κ2) is 11.3. The van der Waals surface area contributed by atoms with Gasteiger partial charge in [-0.2, -0.15) is 13.2 Å². The quantitative estimate of drug-likeness (QED) is 0.257. The molecule has 2 heterocycles. The Balaban J connectivity index is 1.41. The van der Waals surface area contributed by atoms with Crippen molar-refractivity contribution in [3.63, 3.8) is 0 Å². The minimum Gasteiger partial charge on any atom is -0.497 e. The molecule has 0 saturated carbocycles. The number of carbonyl (C=O) groups excluding carboxylic acids is 2. The minimum absolute atomic E-state index is 0.0651. The molecule has 42 heavy (non-hydrogen) atoms. The number of hydrogen-bond acceptors (Lipinski definition) is 3. The molecule has 0 N–H and O–H groups in total. The van der Waals surface area contributed by atoms with Crippen LogP contribution in [-0.2, 0) is 6.18 Å². The van der Waals surface area contributed by atoms with Crippen molar-refractivity contribution in [3.05, 3.63) is 107 Å². The zero-order valence-electron chi connectivity index (χ0n) is 22.7. The van der Waals surface area contributed by atoms with Crippen LogP contribution in [0.5, 0.6) is 5.75 Å². The number of benzene rings is 3. The van der Waals surface area contributed by atoms with E-state index in [1.54, 1.807) is 46.7 Å². The highest BCUT2D eigenvalue weighted by Crippen LogP contribution is 2.33. The monoisotopic (exact) mass is 583 g/mol.